The van der Waals surface area contributed by atoms with Gasteiger partial charge in [-0.1, -0.05) is 37.6 Å². The highest BCUT2D eigenvalue weighted by atomic mass is 32.1. The van der Waals surface area contributed by atoms with Gasteiger partial charge < -0.3 is 15.2 Å². The summed E-state index contributed by atoms with van der Waals surface area (Å²) < 4.78 is 5.76. The summed E-state index contributed by atoms with van der Waals surface area (Å²) in [5.41, 5.74) is 2.39. The first-order valence-electron chi connectivity index (χ1n) is 9.85. The van der Waals surface area contributed by atoms with Crippen LogP contribution in [-0.4, -0.2) is 16.7 Å². The van der Waals surface area contributed by atoms with Crippen molar-refractivity contribution in [3.05, 3.63) is 82.7 Å². The Labute approximate surface area is 174 Å². The molecule has 1 unspecified atom stereocenters. The van der Waals surface area contributed by atoms with Crippen molar-refractivity contribution in [1.29, 1.82) is 0 Å². The average molecular weight is 405 g/mol. The predicted octanol–water partition coefficient (Wildman–Crippen LogP) is 6.38. The summed E-state index contributed by atoms with van der Waals surface area (Å²) in [5, 5.41) is 17.5. The Morgan fingerprint density at radius 3 is 2.69 bits per heavy atom. The van der Waals surface area contributed by atoms with Gasteiger partial charge in [0.15, 0.2) is 0 Å². The monoisotopic (exact) mass is 404 g/mol. The van der Waals surface area contributed by atoms with E-state index >= 15 is 0 Å². The minimum Gasteiger partial charge on any atom is -0.505 e. The Kier molecular flexibility index (Phi) is 5.96. The number of ether oxygens (including phenoxy) is 1. The molecule has 4 nitrogen and oxygen atoms in total. The molecule has 2 aromatic heterocycles. The molecule has 148 valence electrons. The number of fused-ring (bicyclic) bond motifs is 1. The van der Waals surface area contributed by atoms with Gasteiger partial charge in [0, 0.05) is 27.7 Å². The molecule has 0 aliphatic heterocycles. The molecule has 0 spiro atoms. The number of phenolic OH excluding ortho intramolecular Hbond substituents is 1. The maximum Gasteiger partial charge on any atom is 0.147 e. The summed E-state index contributed by atoms with van der Waals surface area (Å²) >= 11 is 1.66. The fraction of sp³-hybridized carbons (Fsp3) is 0.208. The molecule has 2 N–H and O–H groups in total. The number of benzene rings is 2. The number of unbranched alkanes of at least 4 members (excludes halogenated alkanes) is 1. The van der Waals surface area contributed by atoms with E-state index in [4.69, 9.17) is 4.74 Å². The topological polar surface area (TPSA) is 54.4 Å². The second-order valence-electron chi connectivity index (χ2n) is 6.90. The molecule has 0 amide bonds. The number of hydrogen-bond donors (Lipinski definition) is 2. The van der Waals surface area contributed by atoms with Crippen molar-refractivity contribution >= 4 is 27.9 Å². The molecule has 0 radical (unpaired) electrons. The van der Waals surface area contributed by atoms with Crippen molar-refractivity contribution < 1.29 is 9.84 Å². The van der Waals surface area contributed by atoms with Crippen LogP contribution in [-0.2, 0) is 0 Å². The average Bonchev–Trinajstić information content (AvgIpc) is 3.29. The van der Waals surface area contributed by atoms with Gasteiger partial charge in [-0.15, -0.1) is 11.3 Å². The fourth-order valence-electron chi connectivity index (χ4n) is 3.28. The lowest BCUT2D eigenvalue weighted by Gasteiger charge is -2.21. The second-order valence-corrected chi connectivity index (χ2v) is 7.88. The van der Waals surface area contributed by atoms with Crippen LogP contribution in [0.1, 0.15) is 36.2 Å². The third kappa shape index (κ3) is 4.35. The van der Waals surface area contributed by atoms with Crippen molar-refractivity contribution in [2.45, 2.75) is 25.8 Å². The van der Waals surface area contributed by atoms with Gasteiger partial charge in [0.2, 0.25) is 0 Å². The van der Waals surface area contributed by atoms with Gasteiger partial charge in [-0.3, -0.25) is 4.98 Å². The lowest BCUT2D eigenvalue weighted by Crippen LogP contribution is -2.11. The Bertz CT molecular complexity index is 1060. The van der Waals surface area contributed by atoms with Gasteiger partial charge in [-0.2, -0.15) is 0 Å². The summed E-state index contributed by atoms with van der Waals surface area (Å²) in [6.07, 6.45) is 3.87. The first-order valence-corrected chi connectivity index (χ1v) is 10.7. The largest absolute Gasteiger partial charge is 0.505 e. The summed E-state index contributed by atoms with van der Waals surface area (Å²) in [5.74, 6) is 1.09. The third-order valence-electron chi connectivity index (χ3n) is 4.85. The van der Waals surface area contributed by atoms with Gasteiger partial charge in [-0.05, 0) is 48.2 Å². The number of rotatable bonds is 8. The highest BCUT2D eigenvalue weighted by molar-refractivity contribution is 7.10. The molecule has 2 aromatic carbocycles. The number of phenols is 1. The Hall–Kier alpha value is -3.05. The molecule has 0 aliphatic carbocycles. The molecule has 29 heavy (non-hydrogen) atoms. The van der Waals surface area contributed by atoms with Gasteiger partial charge in [0.05, 0.1) is 12.6 Å². The zero-order valence-corrected chi connectivity index (χ0v) is 17.2. The van der Waals surface area contributed by atoms with Crippen molar-refractivity contribution in [3.63, 3.8) is 0 Å². The van der Waals surface area contributed by atoms with Crippen LogP contribution in [0.15, 0.2) is 72.2 Å². The molecule has 0 saturated carbocycles. The highest BCUT2D eigenvalue weighted by Crippen LogP contribution is 2.38. The summed E-state index contributed by atoms with van der Waals surface area (Å²) in [6.45, 7) is 2.89. The Morgan fingerprint density at radius 2 is 1.93 bits per heavy atom. The van der Waals surface area contributed by atoms with Gasteiger partial charge in [-0.25, -0.2) is 0 Å². The summed E-state index contributed by atoms with van der Waals surface area (Å²) in [6, 6.07) is 19.7. The predicted molar refractivity (Wildman–Crippen MR) is 120 cm³/mol. The van der Waals surface area contributed by atoms with Crippen LogP contribution in [0.25, 0.3) is 10.9 Å². The first-order chi connectivity index (χ1) is 14.3. The van der Waals surface area contributed by atoms with Gasteiger partial charge in [0.1, 0.15) is 17.0 Å². The van der Waals surface area contributed by atoms with Gasteiger partial charge in [0.25, 0.3) is 0 Å². The van der Waals surface area contributed by atoms with Gasteiger partial charge >= 0.3 is 0 Å². The standard InChI is InChI=1S/C24H24N2O2S/c1-2-3-15-28-19-11-9-18(10-12-19)26-23(21-7-5-16-29-21)20-13-8-17-6-4-14-25-22(17)24(20)27/h4-14,16,23,26-27H,2-3,15H2,1H3. The van der Waals surface area contributed by atoms with Crippen LogP contribution in [0, 0.1) is 0 Å². The van der Waals surface area contributed by atoms with E-state index in [0.717, 1.165) is 46.7 Å². The second kappa shape index (κ2) is 8.97. The molecule has 4 aromatic rings. The summed E-state index contributed by atoms with van der Waals surface area (Å²) in [4.78, 5) is 5.49. The van der Waals surface area contributed by atoms with Crippen LogP contribution in [0.3, 0.4) is 0 Å². The number of aromatic nitrogens is 1. The Balaban J connectivity index is 1.63. The van der Waals surface area contributed by atoms with Crippen LogP contribution in [0.2, 0.25) is 0 Å². The summed E-state index contributed by atoms with van der Waals surface area (Å²) in [7, 11) is 0. The smallest absolute Gasteiger partial charge is 0.147 e. The van der Waals surface area contributed by atoms with Crippen molar-refractivity contribution in [2.24, 2.45) is 0 Å². The van der Waals surface area contributed by atoms with E-state index in [1.165, 1.54) is 0 Å². The number of pyridine rings is 1. The molecule has 1 atom stereocenters. The maximum atomic E-state index is 10.9. The SMILES string of the molecule is CCCCOc1ccc(NC(c2cccs2)c2ccc3cccnc3c2O)cc1. The number of aromatic hydroxyl groups is 1. The normalized spacial score (nSPS) is 12.0. The highest BCUT2D eigenvalue weighted by Gasteiger charge is 2.20. The van der Waals surface area contributed by atoms with E-state index in [9.17, 15) is 5.11 Å². The van der Waals surface area contributed by atoms with Crippen LogP contribution in [0.5, 0.6) is 11.5 Å². The molecular weight excluding hydrogens is 380 g/mol. The van der Waals surface area contributed by atoms with E-state index in [1.807, 2.05) is 60.0 Å². The third-order valence-corrected chi connectivity index (χ3v) is 5.79. The number of thiophene rings is 1. The quantitative estimate of drug-likeness (QED) is 0.334. The lowest BCUT2D eigenvalue weighted by molar-refractivity contribution is 0.309. The van der Waals surface area contributed by atoms with Crippen molar-refractivity contribution in [2.75, 3.05) is 11.9 Å². The Morgan fingerprint density at radius 1 is 1.07 bits per heavy atom. The number of hydrogen-bond acceptors (Lipinski definition) is 5. The van der Waals surface area contributed by atoms with E-state index in [0.29, 0.717) is 5.52 Å². The van der Waals surface area contributed by atoms with Crippen molar-refractivity contribution in [3.8, 4) is 11.5 Å². The number of nitrogens with one attached hydrogen (secondary N) is 1. The van der Waals surface area contributed by atoms with E-state index in [2.05, 4.69) is 23.3 Å². The maximum absolute atomic E-state index is 10.9. The molecule has 4 rings (SSSR count). The zero-order chi connectivity index (χ0) is 20.1. The fourth-order valence-corrected chi connectivity index (χ4v) is 4.08. The molecule has 0 fully saturated rings. The van der Waals surface area contributed by atoms with Crippen molar-refractivity contribution in [1.82, 2.24) is 4.98 Å². The van der Waals surface area contributed by atoms with Crippen LogP contribution >= 0.6 is 11.3 Å². The molecular formula is C24H24N2O2S. The molecule has 2 heterocycles. The van der Waals surface area contributed by atoms with E-state index in [1.54, 1.807) is 17.5 Å². The van der Waals surface area contributed by atoms with E-state index in [-0.39, 0.29) is 11.8 Å². The first kappa shape index (κ1) is 19.3. The lowest BCUT2D eigenvalue weighted by atomic mass is 10.0. The van der Waals surface area contributed by atoms with Crippen LogP contribution < -0.4 is 10.1 Å². The number of nitrogens with zero attached hydrogens (tertiary/aromatic N) is 1. The molecule has 0 saturated heterocycles. The van der Waals surface area contributed by atoms with Crippen LogP contribution in [0.4, 0.5) is 5.69 Å². The van der Waals surface area contributed by atoms with E-state index < -0.39 is 0 Å². The number of anilines is 1. The molecule has 5 heteroatoms. The molecule has 0 aliphatic rings. The molecule has 0 bridgehead atoms. The minimum atomic E-state index is -0.173. The minimum absolute atomic E-state index is 0.173. The zero-order valence-electron chi connectivity index (χ0n) is 16.3.